The molecule has 0 aliphatic rings. The van der Waals surface area contributed by atoms with Crippen molar-refractivity contribution in [3.8, 4) is 5.75 Å². The lowest BCUT2D eigenvalue weighted by atomic mass is 10.3. The number of nitrogens with one attached hydrogen (secondary N) is 2. The first-order valence-electron chi connectivity index (χ1n) is 8.59. The molecule has 0 unspecified atom stereocenters. The van der Waals surface area contributed by atoms with Crippen LogP contribution in [-0.4, -0.2) is 26.2 Å². The SMILES string of the molecule is COc1ccc(NS(=O)(=O)c2ccc(NN=C(C)c3cccs3)c([N+](=O)[O-])c2)cc1. The first kappa shape index (κ1) is 21.3. The van der Waals surface area contributed by atoms with Crippen LogP contribution in [0.3, 0.4) is 0 Å². The first-order valence-corrected chi connectivity index (χ1v) is 11.0. The second-order valence-corrected chi connectivity index (χ2v) is 8.69. The summed E-state index contributed by atoms with van der Waals surface area (Å²) in [6.07, 6.45) is 0. The molecule has 0 bridgehead atoms. The van der Waals surface area contributed by atoms with Gasteiger partial charge in [-0.15, -0.1) is 11.3 Å². The van der Waals surface area contributed by atoms with E-state index in [2.05, 4.69) is 15.2 Å². The van der Waals surface area contributed by atoms with Gasteiger partial charge in [0.2, 0.25) is 0 Å². The lowest BCUT2D eigenvalue weighted by Gasteiger charge is -2.10. The van der Waals surface area contributed by atoms with Crippen molar-refractivity contribution in [3.05, 3.63) is 75.0 Å². The summed E-state index contributed by atoms with van der Waals surface area (Å²) in [5.74, 6) is 0.572. The van der Waals surface area contributed by atoms with Crippen LogP contribution in [0.1, 0.15) is 11.8 Å². The van der Waals surface area contributed by atoms with Crippen molar-refractivity contribution >= 4 is 44.1 Å². The van der Waals surface area contributed by atoms with Crippen LogP contribution >= 0.6 is 11.3 Å². The van der Waals surface area contributed by atoms with Crippen LogP contribution in [0.4, 0.5) is 17.1 Å². The number of anilines is 2. The number of hydrogen-bond acceptors (Lipinski definition) is 8. The van der Waals surface area contributed by atoms with Crippen molar-refractivity contribution in [3.63, 3.8) is 0 Å². The quantitative estimate of drug-likeness (QED) is 0.302. The summed E-state index contributed by atoms with van der Waals surface area (Å²) in [6, 6.07) is 13.6. The fraction of sp³-hybridized carbons (Fsp3) is 0.105. The third-order valence-corrected chi connectivity index (χ3v) is 6.40. The van der Waals surface area contributed by atoms with E-state index in [1.54, 1.807) is 19.1 Å². The number of sulfonamides is 1. The molecule has 1 heterocycles. The van der Waals surface area contributed by atoms with Gasteiger partial charge in [0.15, 0.2) is 0 Å². The molecule has 0 aliphatic heterocycles. The van der Waals surface area contributed by atoms with Gasteiger partial charge in [-0.05, 0) is 54.8 Å². The van der Waals surface area contributed by atoms with E-state index in [-0.39, 0.29) is 10.6 Å². The van der Waals surface area contributed by atoms with E-state index in [4.69, 9.17) is 4.74 Å². The molecule has 1 aromatic heterocycles. The Morgan fingerprint density at radius 1 is 1.17 bits per heavy atom. The van der Waals surface area contributed by atoms with Crippen molar-refractivity contribution in [1.82, 2.24) is 0 Å². The molecule has 3 aromatic rings. The zero-order valence-corrected chi connectivity index (χ0v) is 17.7. The highest BCUT2D eigenvalue weighted by molar-refractivity contribution is 7.92. The van der Waals surface area contributed by atoms with Gasteiger partial charge in [0.25, 0.3) is 15.7 Å². The van der Waals surface area contributed by atoms with Gasteiger partial charge in [0, 0.05) is 16.6 Å². The molecule has 0 fully saturated rings. The topological polar surface area (TPSA) is 123 Å². The fourth-order valence-corrected chi connectivity index (χ4v) is 4.24. The predicted molar refractivity (Wildman–Crippen MR) is 117 cm³/mol. The van der Waals surface area contributed by atoms with Crippen LogP contribution in [0.15, 0.2) is 70.0 Å². The lowest BCUT2D eigenvalue weighted by molar-refractivity contribution is -0.384. The molecule has 0 spiro atoms. The van der Waals surface area contributed by atoms with E-state index in [0.717, 1.165) is 10.9 Å². The average Bonchev–Trinajstić information content (AvgIpc) is 3.27. The second-order valence-electron chi connectivity index (χ2n) is 6.06. The van der Waals surface area contributed by atoms with E-state index in [1.807, 2.05) is 17.5 Å². The summed E-state index contributed by atoms with van der Waals surface area (Å²) in [5, 5.41) is 17.5. The molecule has 3 rings (SSSR count). The lowest BCUT2D eigenvalue weighted by Crippen LogP contribution is -2.13. The molecule has 0 saturated carbocycles. The summed E-state index contributed by atoms with van der Waals surface area (Å²) in [5.41, 5.74) is 3.28. The van der Waals surface area contributed by atoms with Crippen LogP contribution in [0.2, 0.25) is 0 Å². The Morgan fingerprint density at radius 2 is 1.90 bits per heavy atom. The summed E-state index contributed by atoms with van der Waals surface area (Å²) in [4.78, 5) is 11.5. The summed E-state index contributed by atoms with van der Waals surface area (Å²) in [6.45, 7) is 1.77. The Balaban J connectivity index is 1.86. The van der Waals surface area contributed by atoms with Gasteiger partial charge in [0.05, 0.1) is 22.6 Å². The molecule has 0 radical (unpaired) electrons. The number of thiophene rings is 1. The van der Waals surface area contributed by atoms with E-state index < -0.39 is 20.6 Å². The summed E-state index contributed by atoms with van der Waals surface area (Å²) in [7, 11) is -2.53. The van der Waals surface area contributed by atoms with Crippen molar-refractivity contribution < 1.29 is 18.1 Å². The standard InChI is InChI=1S/C19H18N4O5S2/c1-13(19-4-3-11-29-19)20-21-17-10-9-16(12-18(17)23(24)25)30(26,27)22-14-5-7-15(28-2)8-6-14/h3-12,21-22H,1-2H3. The monoisotopic (exact) mass is 446 g/mol. The van der Waals surface area contributed by atoms with Crippen LogP contribution in [0.25, 0.3) is 0 Å². The molecule has 11 heteroatoms. The largest absolute Gasteiger partial charge is 0.497 e. The number of methoxy groups -OCH3 is 1. The first-order chi connectivity index (χ1) is 14.3. The molecule has 30 heavy (non-hydrogen) atoms. The Morgan fingerprint density at radius 3 is 2.50 bits per heavy atom. The maximum atomic E-state index is 12.7. The average molecular weight is 447 g/mol. The Labute approximate surface area is 177 Å². The highest BCUT2D eigenvalue weighted by atomic mass is 32.2. The minimum Gasteiger partial charge on any atom is -0.497 e. The second kappa shape index (κ2) is 8.93. The maximum Gasteiger partial charge on any atom is 0.295 e. The van der Waals surface area contributed by atoms with E-state index >= 15 is 0 Å². The molecule has 9 nitrogen and oxygen atoms in total. The van der Waals surface area contributed by atoms with E-state index in [9.17, 15) is 18.5 Å². The van der Waals surface area contributed by atoms with Crippen molar-refractivity contribution in [1.29, 1.82) is 0 Å². The number of nitrogens with zero attached hydrogens (tertiary/aromatic N) is 2. The van der Waals surface area contributed by atoms with Crippen LogP contribution in [-0.2, 0) is 10.0 Å². The summed E-state index contributed by atoms with van der Waals surface area (Å²) < 4.78 is 32.7. The van der Waals surface area contributed by atoms with E-state index in [1.165, 1.54) is 42.7 Å². The van der Waals surface area contributed by atoms with Gasteiger partial charge in [-0.25, -0.2) is 8.42 Å². The van der Waals surface area contributed by atoms with Crippen LogP contribution in [0, 0.1) is 10.1 Å². The van der Waals surface area contributed by atoms with Gasteiger partial charge < -0.3 is 4.74 Å². The fourth-order valence-electron chi connectivity index (χ4n) is 2.48. The van der Waals surface area contributed by atoms with Gasteiger partial charge in [-0.2, -0.15) is 5.10 Å². The highest BCUT2D eigenvalue weighted by Crippen LogP contribution is 2.29. The van der Waals surface area contributed by atoms with Gasteiger partial charge in [-0.3, -0.25) is 20.3 Å². The number of hydrogen-bond donors (Lipinski definition) is 2. The molecule has 2 aromatic carbocycles. The molecule has 0 saturated heterocycles. The molecule has 156 valence electrons. The maximum absolute atomic E-state index is 12.7. The number of nitro benzene ring substituents is 1. The molecular formula is C19H18N4O5S2. The van der Waals surface area contributed by atoms with Gasteiger partial charge in [-0.1, -0.05) is 6.07 Å². The Hall–Kier alpha value is -3.44. The number of benzene rings is 2. The normalized spacial score (nSPS) is 11.7. The Bertz CT molecular complexity index is 1170. The number of rotatable bonds is 8. The van der Waals surface area contributed by atoms with Crippen molar-refractivity contribution in [2.45, 2.75) is 11.8 Å². The van der Waals surface area contributed by atoms with Crippen molar-refractivity contribution in [2.75, 3.05) is 17.3 Å². The minimum atomic E-state index is -4.03. The smallest absolute Gasteiger partial charge is 0.295 e. The molecule has 0 atom stereocenters. The van der Waals surface area contributed by atoms with E-state index in [0.29, 0.717) is 17.1 Å². The molecular weight excluding hydrogens is 428 g/mol. The molecule has 0 amide bonds. The van der Waals surface area contributed by atoms with Gasteiger partial charge >= 0.3 is 0 Å². The van der Waals surface area contributed by atoms with Gasteiger partial charge in [0.1, 0.15) is 11.4 Å². The van der Waals surface area contributed by atoms with Crippen LogP contribution in [0.5, 0.6) is 5.75 Å². The number of ether oxygens (including phenoxy) is 1. The number of nitro groups is 1. The minimum absolute atomic E-state index is 0.0827. The van der Waals surface area contributed by atoms with Crippen molar-refractivity contribution in [2.24, 2.45) is 5.10 Å². The third kappa shape index (κ3) is 4.93. The molecule has 0 aliphatic carbocycles. The molecule has 2 N–H and O–H groups in total. The highest BCUT2D eigenvalue weighted by Gasteiger charge is 2.21. The Kier molecular flexibility index (Phi) is 6.33. The van der Waals surface area contributed by atoms with Crippen LogP contribution < -0.4 is 14.9 Å². The zero-order valence-electron chi connectivity index (χ0n) is 16.0. The predicted octanol–water partition coefficient (Wildman–Crippen LogP) is 4.30. The zero-order chi connectivity index (χ0) is 21.7. The third-order valence-electron chi connectivity index (χ3n) is 4.04. The number of hydrazone groups is 1. The summed E-state index contributed by atoms with van der Waals surface area (Å²) >= 11 is 1.49.